The van der Waals surface area contributed by atoms with Crippen molar-refractivity contribution in [1.29, 1.82) is 0 Å². The van der Waals surface area contributed by atoms with Crippen LogP contribution in [0.2, 0.25) is 0 Å². The lowest BCUT2D eigenvalue weighted by atomic mass is 10.1. The van der Waals surface area contributed by atoms with Crippen molar-refractivity contribution in [2.45, 2.75) is 19.6 Å². The first kappa shape index (κ1) is 14.9. The first-order valence-corrected chi connectivity index (χ1v) is 5.96. The number of nitrogens with zero attached hydrogens (tertiary/aromatic N) is 2. The number of carboxylic acid groups (broad SMARTS) is 1. The summed E-state index contributed by atoms with van der Waals surface area (Å²) in [7, 11) is 1.46. The number of aliphatic carboxylic acids is 1. The molecule has 0 bridgehead atoms. The minimum Gasteiger partial charge on any atom is -0.481 e. The Bertz CT molecular complexity index is 420. The SMILES string of the molecule is Cc1ncsc1CN(C)CC(C(=O)O)C(F)(F)F. The van der Waals surface area contributed by atoms with Gasteiger partial charge in [-0.05, 0) is 14.0 Å². The molecule has 0 amide bonds. The van der Waals surface area contributed by atoms with Crippen molar-refractivity contribution in [3.05, 3.63) is 16.1 Å². The molecule has 0 radical (unpaired) electrons. The number of aromatic nitrogens is 1. The van der Waals surface area contributed by atoms with Crippen LogP contribution >= 0.6 is 11.3 Å². The van der Waals surface area contributed by atoms with Crippen LogP contribution in [0.25, 0.3) is 0 Å². The largest absolute Gasteiger partial charge is 0.481 e. The van der Waals surface area contributed by atoms with Crippen LogP contribution in [0, 0.1) is 12.8 Å². The van der Waals surface area contributed by atoms with Gasteiger partial charge in [-0.15, -0.1) is 11.3 Å². The average Bonchev–Trinajstić information content (AvgIpc) is 2.59. The number of hydrogen-bond donors (Lipinski definition) is 1. The third kappa shape index (κ3) is 3.95. The molecule has 0 spiro atoms. The molecule has 1 heterocycles. The van der Waals surface area contributed by atoms with Crippen LogP contribution in [0.1, 0.15) is 10.6 Å². The molecule has 1 atom stereocenters. The molecular formula is C10H13F3N2O2S. The summed E-state index contributed by atoms with van der Waals surface area (Å²) in [5.74, 6) is -4.22. The lowest BCUT2D eigenvalue weighted by Gasteiger charge is -2.22. The van der Waals surface area contributed by atoms with E-state index in [9.17, 15) is 18.0 Å². The Kier molecular flexibility index (Phi) is 4.69. The highest BCUT2D eigenvalue weighted by Crippen LogP contribution is 2.27. The van der Waals surface area contributed by atoms with E-state index in [4.69, 9.17) is 5.11 Å². The predicted octanol–water partition coefficient (Wildman–Crippen LogP) is 2.15. The summed E-state index contributed by atoms with van der Waals surface area (Å²) < 4.78 is 37.4. The van der Waals surface area contributed by atoms with E-state index in [0.29, 0.717) is 0 Å². The van der Waals surface area contributed by atoms with Gasteiger partial charge in [0.1, 0.15) is 0 Å². The summed E-state index contributed by atoms with van der Waals surface area (Å²) in [6.45, 7) is 1.45. The van der Waals surface area contributed by atoms with Crippen molar-refractivity contribution in [2.75, 3.05) is 13.6 Å². The monoisotopic (exact) mass is 282 g/mol. The zero-order chi connectivity index (χ0) is 13.9. The fourth-order valence-electron chi connectivity index (χ4n) is 1.42. The van der Waals surface area contributed by atoms with E-state index in [-0.39, 0.29) is 6.54 Å². The van der Waals surface area contributed by atoms with Gasteiger partial charge in [0.2, 0.25) is 0 Å². The van der Waals surface area contributed by atoms with Crippen LogP contribution in [0.5, 0.6) is 0 Å². The van der Waals surface area contributed by atoms with Gasteiger partial charge in [-0.1, -0.05) is 0 Å². The molecule has 1 rings (SSSR count). The van der Waals surface area contributed by atoms with Gasteiger partial charge in [-0.3, -0.25) is 4.79 Å². The smallest absolute Gasteiger partial charge is 0.403 e. The first-order valence-electron chi connectivity index (χ1n) is 5.09. The van der Waals surface area contributed by atoms with Crippen molar-refractivity contribution in [3.8, 4) is 0 Å². The summed E-state index contributed by atoms with van der Waals surface area (Å²) in [5, 5.41) is 8.58. The Balaban J connectivity index is 2.65. The molecule has 0 aliphatic heterocycles. The van der Waals surface area contributed by atoms with E-state index in [2.05, 4.69) is 4.98 Å². The number of thiazole rings is 1. The molecule has 8 heteroatoms. The molecule has 0 saturated carbocycles. The third-order valence-corrected chi connectivity index (χ3v) is 3.37. The van der Waals surface area contributed by atoms with Gasteiger partial charge >= 0.3 is 12.1 Å². The van der Waals surface area contributed by atoms with Crippen molar-refractivity contribution in [3.63, 3.8) is 0 Å². The number of halogens is 3. The van der Waals surface area contributed by atoms with Crippen molar-refractivity contribution >= 4 is 17.3 Å². The van der Waals surface area contributed by atoms with E-state index >= 15 is 0 Å². The molecule has 1 aromatic heterocycles. The summed E-state index contributed by atoms with van der Waals surface area (Å²) in [6.07, 6.45) is -4.73. The molecule has 1 N–H and O–H groups in total. The molecule has 4 nitrogen and oxygen atoms in total. The number of carbonyl (C=O) groups is 1. The highest BCUT2D eigenvalue weighted by molar-refractivity contribution is 7.09. The maximum absolute atomic E-state index is 12.5. The number of carboxylic acids is 1. The van der Waals surface area contributed by atoms with Crippen molar-refractivity contribution in [1.82, 2.24) is 9.88 Å². The average molecular weight is 282 g/mol. The molecule has 0 aliphatic rings. The molecule has 0 aliphatic carbocycles. The molecule has 0 aromatic carbocycles. The lowest BCUT2D eigenvalue weighted by molar-refractivity contribution is -0.196. The Hall–Kier alpha value is -1.15. The molecule has 0 saturated heterocycles. The summed E-state index contributed by atoms with van der Waals surface area (Å²) in [6, 6.07) is 0. The molecule has 1 unspecified atom stereocenters. The quantitative estimate of drug-likeness (QED) is 0.899. The molecule has 102 valence electrons. The second kappa shape index (κ2) is 5.66. The zero-order valence-electron chi connectivity index (χ0n) is 9.86. The van der Waals surface area contributed by atoms with Gasteiger partial charge in [0.15, 0.2) is 5.92 Å². The molecular weight excluding hydrogens is 269 g/mol. The van der Waals surface area contributed by atoms with Crippen LogP contribution in [0.15, 0.2) is 5.51 Å². The van der Waals surface area contributed by atoms with Gasteiger partial charge < -0.3 is 10.0 Å². The second-order valence-corrected chi connectivity index (χ2v) is 4.93. The number of aryl methyl sites for hydroxylation is 1. The standard InChI is InChI=1S/C10H13F3N2O2S/c1-6-8(18-5-14-6)4-15(2)3-7(9(16)17)10(11,12)13/h5,7H,3-4H2,1-2H3,(H,16,17). The summed E-state index contributed by atoms with van der Waals surface area (Å²) in [5.41, 5.74) is 2.36. The predicted molar refractivity (Wildman–Crippen MR) is 60.4 cm³/mol. The Morgan fingerprint density at radius 2 is 2.22 bits per heavy atom. The Labute approximate surface area is 106 Å². The Morgan fingerprint density at radius 3 is 2.61 bits per heavy atom. The Morgan fingerprint density at radius 1 is 1.61 bits per heavy atom. The molecule has 18 heavy (non-hydrogen) atoms. The number of rotatable bonds is 5. The lowest BCUT2D eigenvalue weighted by Crippen LogP contribution is -2.39. The minimum atomic E-state index is -4.73. The number of alkyl halides is 3. The normalized spacial score (nSPS) is 13.9. The van der Waals surface area contributed by atoms with Gasteiger partial charge in [0.05, 0.1) is 11.2 Å². The maximum Gasteiger partial charge on any atom is 0.403 e. The molecule has 0 fully saturated rings. The van der Waals surface area contributed by atoms with Gasteiger partial charge in [-0.2, -0.15) is 13.2 Å². The zero-order valence-corrected chi connectivity index (χ0v) is 10.7. The van der Waals surface area contributed by atoms with Gasteiger partial charge in [0.25, 0.3) is 0 Å². The highest BCUT2D eigenvalue weighted by atomic mass is 32.1. The van der Waals surface area contributed by atoms with Crippen LogP contribution in [-0.4, -0.2) is 40.7 Å². The van der Waals surface area contributed by atoms with Crippen LogP contribution in [-0.2, 0) is 11.3 Å². The van der Waals surface area contributed by atoms with E-state index in [0.717, 1.165) is 10.6 Å². The van der Waals surface area contributed by atoms with Crippen LogP contribution in [0.4, 0.5) is 13.2 Å². The van der Waals surface area contributed by atoms with Crippen LogP contribution < -0.4 is 0 Å². The van der Waals surface area contributed by atoms with Gasteiger partial charge in [0, 0.05) is 18.0 Å². The van der Waals surface area contributed by atoms with Crippen molar-refractivity contribution < 1.29 is 23.1 Å². The minimum absolute atomic E-state index is 0.260. The second-order valence-electron chi connectivity index (χ2n) is 3.99. The molecule has 1 aromatic rings. The van der Waals surface area contributed by atoms with E-state index in [1.807, 2.05) is 0 Å². The maximum atomic E-state index is 12.5. The number of hydrogen-bond acceptors (Lipinski definition) is 4. The highest BCUT2D eigenvalue weighted by Gasteiger charge is 2.45. The fraction of sp³-hybridized carbons (Fsp3) is 0.600. The van der Waals surface area contributed by atoms with Crippen LogP contribution in [0.3, 0.4) is 0 Å². The van der Waals surface area contributed by atoms with E-state index in [1.54, 1.807) is 12.4 Å². The first-order chi connectivity index (χ1) is 8.21. The summed E-state index contributed by atoms with van der Waals surface area (Å²) in [4.78, 5) is 16.8. The van der Waals surface area contributed by atoms with Crippen molar-refractivity contribution in [2.24, 2.45) is 5.92 Å². The topological polar surface area (TPSA) is 53.4 Å². The van der Waals surface area contributed by atoms with E-state index in [1.165, 1.54) is 23.3 Å². The fourth-order valence-corrected chi connectivity index (χ4v) is 2.28. The summed E-state index contributed by atoms with van der Waals surface area (Å²) >= 11 is 1.34. The van der Waals surface area contributed by atoms with E-state index < -0.39 is 24.6 Å². The third-order valence-electron chi connectivity index (χ3n) is 2.45. The van der Waals surface area contributed by atoms with Gasteiger partial charge in [-0.25, -0.2) is 4.98 Å².